The molecule has 1 aliphatic heterocycles. The summed E-state index contributed by atoms with van der Waals surface area (Å²) in [5, 5.41) is 21.0. The maximum atomic E-state index is 13.8. The van der Waals surface area contributed by atoms with Gasteiger partial charge in [0.1, 0.15) is 24.4 Å². The number of likely N-dealkylation sites (N-methyl/N-ethyl adjacent to an activating group) is 1. The normalized spacial score (nSPS) is 17.3. The monoisotopic (exact) mass is 734 g/mol. The number of ether oxygens (including phenoxy) is 1. The number of hydrogen-bond acceptors (Lipinski definition) is 8. The van der Waals surface area contributed by atoms with Crippen LogP contribution < -0.4 is 31.7 Å². The van der Waals surface area contributed by atoms with E-state index >= 15 is 0 Å². The maximum Gasteiger partial charge on any atom is 0.326 e. The van der Waals surface area contributed by atoms with Crippen molar-refractivity contribution in [2.24, 2.45) is 5.73 Å². The van der Waals surface area contributed by atoms with Gasteiger partial charge in [0, 0.05) is 38.5 Å². The molecule has 2 atom stereocenters. The second kappa shape index (κ2) is 21.3. The average Bonchev–Trinajstić information content (AvgIpc) is 3.99. The van der Waals surface area contributed by atoms with Crippen molar-refractivity contribution in [1.82, 2.24) is 26.2 Å². The number of fused-ring (bicyclic) bond motifs is 5. The third kappa shape index (κ3) is 12.8. The zero-order valence-electron chi connectivity index (χ0n) is 31.3. The Morgan fingerprint density at radius 1 is 0.962 bits per heavy atom. The molecule has 13 nitrogen and oxygen atoms in total. The van der Waals surface area contributed by atoms with Crippen LogP contribution in [0.5, 0.6) is 5.75 Å². The van der Waals surface area contributed by atoms with Gasteiger partial charge in [0.15, 0.2) is 0 Å². The molecular formula is C40H58N6O7. The summed E-state index contributed by atoms with van der Waals surface area (Å²) in [5.74, 6) is -2.47. The summed E-state index contributed by atoms with van der Waals surface area (Å²) in [6, 6.07) is 8.63. The van der Waals surface area contributed by atoms with E-state index in [1.54, 1.807) is 12.1 Å². The van der Waals surface area contributed by atoms with Crippen molar-refractivity contribution in [3.8, 4) is 16.9 Å². The zero-order valence-corrected chi connectivity index (χ0v) is 31.3. The van der Waals surface area contributed by atoms with Crippen LogP contribution in [0.15, 0.2) is 36.4 Å². The number of amides is 4. The lowest BCUT2D eigenvalue weighted by Gasteiger charge is -2.29. The summed E-state index contributed by atoms with van der Waals surface area (Å²) in [5.41, 5.74) is 9.49. The number of carbonyl (C=O) groups is 5. The third-order valence-electron chi connectivity index (χ3n) is 9.82. The number of unbranched alkanes of at least 4 members (excludes halogenated alkanes) is 7. The molecule has 0 spiro atoms. The van der Waals surface area contributed by atoms with Crippen LogP contribution in [0.3, 0.4) is 0 Å². The lowest BCUT2D eigenvalue weighted by Crippen LogP contribution is -2.49. The minimum atomic E-state index is -1.25. The van der Waals surface area contributed by atoms with E-state index in [-0.39, 0.29) is 38.4 Å². The van der Waals surface area contributed by atoms with Crippen LogP contribution >= 0.6 is 0 Å². The molecule has 53 heavy (non-hydrogen) atoms. The zero-order chi connectivity index (χ0) is 38.2. The van der Waals surface area contributed by atoms with Gasteiger partial charge in [0.2, 0.25) is 23.6 Å². The average molecular weight is 735 g/mol. The first kappa shape index (κ1) is 41.3. The number of hydrogen-bond donors (Lipinski definition) is 6. The summed E-state index contributed by atoms with van der Waals surface area (Å²) in [7, 11) is 1.48. The first-order valence-corrected chi connectivity index (χ1v) is 19.3. The van der Waals surface area contributed by atoms with Crippen LogP contribution in [0.4, 0.5) is 0 Å². The Hall–Kier alpha value is -4.49. The number of rotatable bonds is 20. The van der Waals surface area contributed by atoms with Gasteiger partial charge >= 0.3 is 5.97 Å². The van der Waals surface area contributed by atoms with E-state index in [0.717, 1.165) is 43.4 Å². The van der Waals surface area contributed by atoms with Gasteiger partial charge in [-0.3, -0.25) is 19.2 Å². The minimum Gasteiger partial charge on any atom is -0.492 e. The van der Waals surface area contributed by atoms with Crippen molar-refractivity contribution in [2.45, 2.75) is 102 Å². The van der Waals surface area contributed by atoms with Gasteiger partial charge < -0.3 is 41.7 Å². The van der Waals surface area contributed by atoms with Crippen molar-refractivity contribution < 1.29 is 33.8 Å². The molecule has 1 fully saturated rings. The van der Waals surface area contributed by atoms with Gasteiger partial charge in [0.25, 0.3) is 0 Å². The summed E-state index contributed by atoms with van der Waals surface area (Å²) in [6.07, 6.45) is 12.1. The molecular weight excluding hydrogens is 676 g/mol. The van der Waals surface area contributed by atoms with Crippen molar-refractivity contribution in [1.29, 1.82) is 0 Å². The first-order chi connectivity index (χ1) is 25.6. The van der Waals surface area contributed by atoms with Gasteiger partial charge in [-0.1, -0.05) is 70.1 Å². The molecule has 2 aliphatic rings. The molecule has 7 N–H and O–H groups in total. The van der Waals surface area contributed by atoms with E-state index in [1.807, 2.05) is 24.3 Å². The molecule has 290 valence electrons. The second-order valence-electron chi connectivity index (χ2n) is 14.1. The molecule has 2 aromatic carbocycles. The third-order valence-corrected chi connectivity index (χ3v) is 9.82. The molecule has 4 amide bonds. The SMILES string of the molecule is CCCCCCCCCCNCCC(=O)NCC(=O)N(C)C1C(=O)NCC(=O)NC(C(=O)O)Cc2ccc(OCCN)c(c2)-c2cc1ccc2C1CC1. The van der Waals surface area contributed by atoms with Gasteiger partial charge in [-0.2, -0.15) is 0 Å². The first-order valence-electron chi connectivity index (χ1n) is 19.3. The number of benzene rings is 2. The van der Waals surface area contributed by atoms with E-state index in [4.69, 9.17) is 10.5 Å². The maximum absolute atomic E-state index is 13.8. The molecule has 1 heterocycles. The molecule has 0 saturated heterocycles. The van der Waals surface area contributed by atoms with Crippen LogP contribution in [0.25, 0.3) is 11.1 Å². The highest BCUT2D eigenvalue weighted by molar-refractivity contribution is 5.94. The van der Waals surface area contributed by atoms with Gasteiger partial charge in [0.05, 0.1) is 13.1 Å². The quantitative estimate of drug-likeness (QED) is 0.111. The standard InChI is InChI=1S/C40H58N6O7/c1-3-4-5-6-7-8-9-10-19-42-20-17-35(47)43-26-37(49)46(2)38-29-14-15-30(28-12-13-28)31(24-29)32-22-27(11-16-34(32)53-21-18-41)23-33(40(51)52)45-36(48)25-44-39(38)50/h11,14-16,22,24,28,33,38,42H,3-10,12-13,17-21,23,25-26,41H2,1-2H3,(H,43,47)(H,44,50)(H,45,48)(H,51,52). The summed E-state index contributed by atoms with van der Waals surface area (Å²) in [6.45, 7) is 3.28. The Balaban J connectivity index is 1.49. The largest absolute Gasteiger partial charge is 0.492 e. The molecule has 2 unspecified atom stereocenters. The van der Waals surface area contributed by atoms with Crippen LogP contribution in [-0.4, -0.2) is 92.0 Å². The fourth-order valence-corrected chi connectivity index (χ4v) is 6.68. The highest BCUT2D eigenvalue weighted by Gasteiger charge is 2.33. The molecule has 2 aromatic rings. The fourth-order valence-electron chi connectivity index (χ4n) is 6.68. The Kier molecular flexibility index (Phi) is 16.6. The number of nitrogens with two attached hydrogens (primary N) is 1. The molecule has 4 rings (SSSR count). The van der Waals surface area contributed by atoms with Crippen molar-refractivity contribution >= 4 is 29.6 Å². The van der Waals surface area contributed by atoms with Crippen molar-refractivity contribution in [3.05, 3.63) is 53.1 Å². The van der Waals surface area contributed by atoms with E-state index in [2.05, 4.69) is 28.2 Å². The molecule has 13 heteroatoms. The summed E-state index contributed by atoms with van der Waals surface area (Å²) < 4.78 is 6.04. The van der Waals surface area contributed by atoms with Crippen LogP contribution in [-0.2, 0) is 30.4 Å². The predicted molar refractivity (Wildman–Crippen MR) is 203 cm³/mol. The predicted octanol–water partition coefficient (Wildman–Crippen LogP) is 3.55. The number of aliphatic carboxylic acids is 1. The number of nitrogens with zero attached hydrogens (tertiary/aromatic N) is 1. The molecule has 1 aliphatic carbocycles. The molecule has 0 radical (unpaired) electrons. The number of carboxylic acids is 1. The van der Waals surface area contributed by atoms with Gasteiger partial charge in [-0.25, -0.2) is 4.79 Å². The number of carbonyl (C=O) groups excluding carboxylic acids is 4. The highest BCUT2D eigenvalue weighted by atomic mass is 16.5. The van der Waals surface area contributed by atoms with Crippen molar-refractivity contribution in [2.75, 3.05) is 46.4 Å². The smallest absolute Gasteiger partial charge is 0.326 e. The van der Waals surface area contributed by atoms with Crippen LogP contribution in [0, 0.1) is 0 Å². The minimum absolute atomic E-state index is 0.0124. The Morgan fingerprint density at radius 3 is 2.40 bits per heavy atom. The Morgan fingerprint density at radius 2 is 1.70 bits per heavy atom. The number of nitrogens with one attached hydrogen (secondary N) is 4. The van der Waals surface area contributed by atoms with Crippen molar-refractivity contribution in [3.63, 3.8) is 0 Å². The van der Waals surface area contributed by atoms with E-state index in [1.165, 1.54) is 50.5 Å². The molecule has 0 aromatic heterocycles. The number of carboxylic acid groups (broad SMARTS) is 1. The molecule has 1 saturated carbocycles. The topological polar surface area (TPSA) is 192 Å². The van der Waals surface area contributed by atoms with E-state index in [9.17, 15) is 29.1 Å². The van der Waals surface area contributed by atoms with Gasteiger partial charge in [-0.05, 0) is 72.2 Å². The Bertz CT molecular complexity index is 1560. The summed E-state index contributed by atoms with van der Waals surface area (Å²) >= 11 is 0. The Labute approximate surface area is 313 Å². The highest BCUT2D eigenvalue weighted by Crippen LogP contribution is 2.47. The van der Waals surface area contributed by atoms with E-state index in [0.29, 0.717) is 34.9 Å². The van der Waals surface area contributed by atoms with Gasteiger partial charge in [-0.15, -0.1) is 0 Å². The fraction of sp³-hybridized carbons (Fsp3) is 0.575. The lowest BCUT2D eigenvalue weighted by molar-refractivity contribution is -0.142. The van der Waals surface area contributed by atoms with Crippen LogP contribution in [0.1, 0.15) is 106 Å². The van der Waals surface area contributed by atoms with Crippen LogP contribution in [0.2, 0.25) is 0 Å². The lowest BCUT2D eigenvalue weighted by atomic mass is 9.90. The summed E-state index contributed by atoms with van der Waals surface area (Å²) in [4.78, 5) is 66.3. The molecule has 4 bridgehead atoms. The van der Waals surface area contributed by atoms with E-state index < -0.39 is 42.3 Å². The second-order valence-corrected chi connectivity index (χ2v) is 14.1.